The van der Waals surface area contributed by atoms with E-state index in [2.05, 4.69) is 16.6 Å². The van der Waals surface area contributed by atoms with Gasteiger partial charge in [0.2, 0.25) is 11.8 Å². The number of rotatable bonds is 9. The first-order valence-corrected chi connectivity index (χ1v) is 12.8. The molecule has 1 fully saturated rings. The molecule has 1 aliphatic rings. The molecule has 4 amide bonds. The Labute approximate surface area is 229 Å². The van der Waals surface area contributed by atoms with E-state index in [-0.39, 0.29) is 12.0 Å². The van der Waals surface area contributed by atoms with Gasteiger partial charge in [-0.1, -0.05) is 43.2 Å². The predicted octanol–water partition coefficient (Wildman–Crippen LogP) is 3.66. The molecule has 4 atom stereocenters. The second-order valence-electron chi connectivity index (χ2n) is 10.9. The van der Waals surface area contributed by atoms with Gasteiger partial charge in [-0.05, 0) is 69.4 Å². The fraction of sp³-hybridized carbons (Fsp3) is 0.400. The Bertz CT molecular complexity index is 1280. The number of alkyl carbamates (subject to hydrolysis) is 1. The molecular formula is C30H36N4O5. The van der Waals surface area contributed by atoms with Gasteiger partial charge in [0.25, 0.3) is 5.91 Å². The molecule has 4 unspecified atom stereocenters. The fourth-order valence-corrected chi connectivity index (χ4v) is 4.32. The van der Waals surface area contributed by atoms with Crippen LogP contribution in [-0.4, -0.2) is 46.4 Å². The second-order valence-corrected chi connectivity index (χ2v) is 10.9. The number of ether oxygens (including phenoxy) is 1. The van der Waals surface area contributed by atoms with Crippen molar-refractivity contribution in [3.63, 3.8) is 0 Å². The summed E-state index contributed by atoms with van der Waals surface area (Å²) in [6.07, 6.45) is 4.85. The summed E-state index contributed by atoms with van der Waals surface area (Å²) in [5.41, 5.74) is 7.22. The second kappa shape index (κ2) is 12.0. The van der Waals surface area contributed by atoms with Gasteiger partial charge >= 0.3 is 6.09 Å². The van der Waals surface area contributed by atoms with Crippen LogP contribution in [0.3, 0.4) is 0 Å². The molecule has 1 saturated carbocycles. The van der Waals surface area contributed by atoms with E-state index in [1.807, 2.05) is 26.0 Å². The first-order valence-electron chi connectivity index (χ1n) is 12.8. The fourth-order valence-electron chi connectivity index (χ4n) is 4.32. The molecule has 0 bridgehead atoms. The highest BCUT2D eigenvalue weighted by Gasteiger charge is 2.48. The summed E-state index contributed by atoms with van der Waals surface area (Å²) in [5.74, 6) is 0.810. The Kier molecular flexibility index (Phi) is 9.02. The van der Waals surface area contributed by atoms with Crippen molar-refractivity contribution in [1.82, 2.24) is 10.2 Å². The topological polar surface area (TPSA) is 131 Å². The Morgan fingerprint density at radius 1 is 1.13 bits per heavy atom. The number of anilines is 1. The minimum atomic E-state index is -1.33. The Morgan fingerprint density at radius 3 is 2.26 bits per heavy atom. The average Bonchev–Trinajstić information content (AvgIpc) is 3.57. The van der Waals surface area contributed by atoms with Crippen LogP contribution >= 0.6 is 0 Å². The molecule has 0 heterocycles. The molecule has 3 rings (SSSR count). The summed E-state index contributed by atoms with van der Waals surface area (Å²) in [7, 11) is 0. The number of nitrogens with two attached hydrogens (primary N) is 1. The number of primary amides is 1. The number of benzene rings is 2. The summed E-state index contributed by atoms with van der Waals surface area (Å²) < 4.78 is 5.32. The van der Waals surface area contributed by atoms with Crippen LogP contribution in [0.2, 0.25) is 0 Å². The van der Waals surface area contributed by atoms with Gasteiger partial charge in [-0.3, -0.25) is 14.4 Å². The number of hydrogen-bond acceptors (Lipinski definition) is 5. The van der Waals surface area contributed by atoms with Crippen LogP contribution in [0.25, 0.3) is 0 Å². The number of carbonyl (C=O) groups is 4. The van der Waals surface area contributed by atoms with Crippen molar-refractivity contribution < 1.29 is 23.9 Å². The van der Waals surface area contributed by atoms with E-state index in [4.69, 9.17) is 16.9 Å². The van der Waals surface area contributed by atoms with Crippen LogP contribution in [0.4, 0.5) is 10.5 Å². The van der Waals surface area contributed by atoms with Crippen molar-refractivity contribution in [1.29, 1.82) is 0 Å². The van der Waals surface area contributed by atoms with E-state index in [1.54, 1.807) is 57.2 Å². The smallest absolute Gasteiger partial charge is 0.408 e. The number of hydrogen-bond donors (Lipinski definition) is 3. The Hall–Kier alpha value is -4.32. The van der Waals surface area contributed by atoms with E-state index in [0.29, 0.717) is 23.2 Å². The quantitative estimate of drug-likeness (QED) is 0.424. The standard InChI is InChI=1S/C30H36N4O5/c1-7-20-12-14-21(15-13-20)26(27(36)32-22-11-9-8-10-18(22)2)34(24-16-19(24)3)28(37)23(17-25(31)35)33-29(38)39-30(4,5)6/h1,8-15,19,23-24,26H,16-17H2,2-6H3,(H2,31,35)(H,32,36)(H,33,38). The van der Waals surface area contributed by atoms with Crippen molar-refractivity contribution in [3.05, 3.63) is 65.2 Å². The summed E-state index contributed by atoms with van der Waals surface area (Å²) in [6, 6.07) is 11.4. The monoisotopic (exact) mass is 532 g/mol. The maximum atomic E-state index is 14.1. The number of para-hydroxylation sites is 1. The van der Waals surface area contributed by atoms with Crippen LogP contribution < -0.4 is 16.4 Å². The SMILES string of the molecule is C#Cc1ccc(C(C(=O)Nc2ccccc2C)N(C(=O)C(CC(N)=O)NC(=O)OC(C)(C)C)C2CC2C)cc1. The molecule has 2 aromatic carbocycles. The predicted molar refractivity (Wildman–Crippen MR) is 148 cm³/mol. The Balaban J connectivity index is 2.05. The molecule has 0 saturated heterocycles. The third-order valence-electron chi connectivity index (χ3n) is 6.40. The van der Waals surface area contributed by atoms with E-state index >= 15 is 0 Å². The van der Waals surface area contributed by atoms with Crippen LogP contribution in [0, 0.1) is 25.2 Å². The van der Waals surface area contributed by atoms with Crippen molar-refractivity contribution in [2.45, 2.75) is 71.2 Å². The zero-order chi connectivity index (χ0) is 28.9. The van der Waals surface area contributed by atoms with Gasteiger partial charge in [0.15, 0.2) is 0 Å². The maximum Gasteiger partial charge on any atom is 0.408 e. The van der Waals surface area contributed by atoms with Gasteiger partial charge in [-0.15, -0.1) is 6.42 Å². The summed E-state index contributed by atoms with van der Waals surface area (Å²) >= 11 is 0. The molecule has 0 aliphatic heterocycles. The van der Waals surface area contributed by atoms with E-state index in [0.717, 1.165) is 5.56 Å². The average molecular weight is 533 g/mol. The lowest BCUT2D eigenvalue weighted by Crippen LogP contribution is -2.54. The minimum absolute atomic E-state index is 0.100. The van der Waals surface area contributed by atoms with Gasteiger partial charge < -0.3 is 26.0 Å². The number of amides is 4. The van der Waals surface area contributed by atoms with Crippen LogP contribution in [0.5, 0.6) is 0 Å². The highest BCUT2D eigenvalue weighted by Crippen LogP contribution is 2.41. The zero-order valence-corrected chi connectivity index (χ0v) is 23.0. The summed E-state index contributed by atoms with van der Waals surface area (Å²) in [5, 5.41) is 5.44. The Morgan fingerprint density at radius 2 is 1.74 bits per heavy atom. The normalized spacial score (nSPS) is 17.6. The van der Waals surface area contributed by atoms with Crippen LogP contribution in [-0.2, 0) is 19.1 Å². The number of nitrogens with one attached hydrogen (secondary N) is 2. The molecule has 0 aromatic heterocycles. The van der Waals surface area contributed by atoms with Gasteiger partial charge in [-0.2, -0.15) is 0 Å². The molecule has 0 spiro atoms. The van der Waals surface area contributed by atoms with E-state index in [1.165, 1.54) is 4.90 Å². The van der Waals surface area contributed by atoms with E-state index < -0.39 is 47.9 Å². The maximum absolute atomic E-state index is 14.1. The number of carbonyl (C=O) groups excluding carboxylic acids is 4. The molecule has 206 valence electrons. The summed E-state index contributed by atoms with van der Waals surface area (Å²) in [6.45, 7) is 8.88. The molecule has 4 N–H and O–H groups in total. The minimum Gasteiger partial charge on any atom is -0.444 e. The lowest BCUT2D eigenvalue weighted by molar-refractivity contribution is -0.142. The van der Waals surface area contributed by atoms with Gasteiger partial charge in [0.05, 0.1) is 6.42 Å². The van der Waals surface area contributed by atoms with Gasteiger partial charge in [0, 0.05) is 17.3 Å². The number of aryl methyl sites for hydroxylation is 1. The zero-order valence-electron chi connectivity index (χ0n) is 23.0. The first kappa shape index (κ1) is 29.2. The third kappa shape index (κ3) is 7.84. The van der Waals surface area contributed by atoms with Crippen LogP contribution in [0.1, 0.15) is 63.3 Å². The van der Waals surface area contributed by atoms with Gasteiger partial charge in [-0.25, -0.2) is 4.79 Å². The van der Waals surface area contributed by atoms with Crippen molar-refractivity contribution in [2.24, 2.45) is 11.7 Å². The molecule has 9 nitrogen and oxygen atoms in total. The lowest BCUT2D eigenvalue weighted by atomic mass is 10.00. The third-order valence-corrected chi connectivity index (χ3v) is 6.40. The number of terminal acetylenes is 1. The molecule has 1 aliphatic carbocycles. The largest absolute Gasteiger partial charge is 0.444 e. The van der Waals surface area contributed by atoms with Crippen molar-refractivity contribution >= 4 is 29.5 Å². The first-order chi connectivity index (χ1) is 18.3. The van der Waals surface area contributed by atoms with Gasteiger partial charge in [0.1, 0.15) is 17.7 Å². The number of nitrogens with zero attached hydrogens (tertiary/aromatic N) is 1. The molecule has 39 heavy (non-hydrogen) atoms. The molecule has 2 aromatic rings. The van der Waals surface area contributed by atoms with Crippen molar-refractivity contribution in [2.75, 3.05) is 5.32 Å². The highest BCUT2D eigenvalue weighted by atomic mass is 16.6. The van der Waals surface area contributed by atoms with Crippen molar-refractivity contribution in [3.8, 4) is 12.3 Å². The molecule has 9 heteroatoms. The van der Waals surface area contributed by atoms with E-state index in [9.17, 15) is 19.2 Å². The lowest BCUT2D eigenvalue weighted by Gasteiger charge is -2.35. The molecular weight excluding hydrogens is 496 g/mol. The summed E-state index contributed by atoms with van der Waals surface area (Å²) in [4.78, 5) is 54.0. The highest BCUT2D eigenvalue weighted by molar-refractivity contribution is 6.00. The molecule has 0 radical (unpaired) electrons. The van der Waals surface area contributed by atoms with Crippen LogP contribution in [0.15, 0.2) is 48.5 Å².